The van der Waals surface area contributed by atoms with E-state index in [4.69, 9.17) is 11.6 Å². The van der Waals surface area contributed by atoms with E-state index in [-0.39, 0.29) is 10.6 Å². The number of hydrogen-bond donors (Lipinski definition) is 2. The summed E-state index contributed by atoms with van der Waals surface area (Å²) < 4.78 is 24.8. The highest BCUT2D eigenvalue weighted by Gasteiger charge is 2.15. The average molecular weight is 381 g/mol. The maximum atomic E-state index is 12.4. The van der Waals surface area contributed by atoms with Gasteiger partial charge in [-0.05, 0) is 50.1 Å². The highest BCUT2D eigenvalue weighted by Crippen LogP contribution is 2.27. The Labute approximate surface area is 153 Å². The smallest absolute Gasteiger partial charge is 0.276 e. The SMILES string of the molecule is CCC/C(=N\NS(=O)(=O)c1ccc(C)cc1)c1cc(Cl)c(C)cc1O. The van der Waals surface area contributed by atoms with Crippen LogP contribution < -0.4 is 4.83 Å². The van der Waals surface area contributed by atoms with Crippen molar-refractivity contribution < 1.29 is 13.5 Å². The number of benzene rings is 2. The summed E-state index contributed by atoms with van der Waals surface area (Å²) in [6.07, 6.45) is 1.22. The summed E-state index contributed by atoms with van der Waals surface area (Å²) in [5, 5.41) is 14.7. The molecule has 0 heterocycles. The van der Waals surface area contributed by atoms with Crippen LogP contribution >= 0.6 is 11.6 Å². The summed E-state index contributed by atoms with van der Waals surface area (Å²) in [6, 6.07) is 9.62. The fourth-order valence-electron chi connectivity index (χ4n) is 2.27. The van der Waals surface area contributed by atoms with Crippen molar-refractivity contribution in [1.29, 1.82) is 0 Å². The fraction of sp³-hybridized carbons (Fsp3) is 0.278. The van der Waals surface area contributed by atoms with E-state index in [0.717, 1.165) is 17.5 Å². The summed E-state index contributed by atoms with van der Waals surface area (Å²) in [6.45, 7) is 5.60. The van der Waals surface area contributed by atoms with Gasteiger partial charge in [0.25, 0.3) is 10.0 Å². The molecule has 0 atom stereocenters. The zero-order chi connectivity index (χ0) is 18.6. The lowest BCUT2D eigenvalue weighted by molar-refractivity contribution is 0.473. The Morgan fingerprint density at radius 2 is 1.84 bits per heavy atom. The maximum absolute atomic E-state index is 12.4. The van der Waals surface area contributed by atoms with Gasteiger partial charge in [0.05, 0.1) is 10.6 Å². The molecule has 2 N–H and O–H groups in total. The molecule has 0 saturated heterocycles. The van der Waals surface area contributed by atoms with E-state index in [1.165, 1.54) is 18.2 Å². The Morgan fingerprint density at radius 3 is 2.44 bits per heavy atom. The number of nitrogens with zero attached hydrogens (tertiary/aromatic N) is 1. The molecule has 0 aliphatic rings. The molecule has 2 aromatic carbocycles. The second-order valence-electron chi connectivity index (χ2n) is 5.83. The van der Waals surface area contributed by atoms with E-state index in [9.17, 15) is 13.5 Å². The van der Waals surface area contributed by atoms with Crippen molar-refractivity contribution in [3.05, 3.63) is 58.1 Å². The summed E-state index contributed by atoms with van der Waals surface area (Å²) in [5.74, 6) is 0.0173. The number of phenolic OH excluding ortho intramolecular Hbond substituents is 1. The maximum Gasteiger partial charge on any atom is 0.276 e. The molecule has 0 fully saturated rings. The van der Waals surface area contributed by atoms with Gasteiger partial charge in [-0.15, -0.1) is 0 Å². The van der Waals surface area contributed by atoms with Gasteiger partial charge >= 0.3 is 0 Å². The van der Waals surface area contributed by atoms with Crippen molar-refractivity contribution in [2.45, 2.75) is 38.5 Å². The highest BCUT2D eigenvalue weighted by atomic mass is 35.5. The Hall–Kier alpha value is -2.05. The number of rotatable bonds is 6. The molecule has 134 valence electrons. The topological polar surface area (TPSA) is 78.8 Å². The summed E-state index contributed by atoms with van der Waals surface area (Å²) >= 11 is 6.13. The zero-order valence-electron chi connectivity index (χ0n) is 14.4. The molecule has 0 unspecified atom stereocenters. The first-order chi connectivity index (χ1) is 11.7. The lowest BCUT2D eigenvalue weighted by Gasteiger charge is -2.11. The molecule has 0 radical (unpaired) electrons. The van der Waals surface area contributed by atoms with E-state index in [2.05, 4.69) is 9.93 Å². The van der Waals surface area contributed by atoms with E-state index in [1.54, 1.807) is 25.1 Å². The lowest BCUT2D eigenvalue weighted by atomic mass is 10.0. The van der Waals surface area contributed by atoms with E-state index in [0.29, 0.717) is 22.7 Å². The van der Waals surface area contributed by atoms with Crippen LogP contribution in [-0.2, 0) is 10.0 Å². The van der Waals surface area contributed by atoms with Crippen molar-refractivity contribution in [2.24, 2.45) is 5.10 Å². The number of aromatic hydroxyl groups is 1. The second kappa shape index (κ2) is 7.89. The summed E-state index contributed by atoms with van der Waals surface area (Å²) in [4.78, 5) is 2.37. The van der Waals surface area contributed by atoms with Crippen molar-refractivity contribution >= 4 is 27.3 Å². The van der Waals surface area contributed by atoms with Crippen LogP contribution in [0.25, 0.3) is 0 Å². The van der Waals surface area contributed by atoms with Crippen LogP contribution in [0.2, 0.25) is 5.02 Å². The van der Waals surface area contributed by atoms with Gasteiger partial charge in [0, 0.05) is 10.6 Å². The lowest BCUT2D eigenvalue weighted by Crippen LogP contribution is -2.20. The van der Waals surface area contributed by atoms with E-state index >= 15 is 0 Å². The largest absolute Gasteiger partial charge is 0.507 e. The molecule has 0 amide bonds. The molecule has 25 heavy (non-hydrogen) atoms. The van der Waals surface area contributed by atoms with Gasteiger partial charge in [-0.25, -0.2) is 0 Å². The number of aryl methyl sites for hydroxylation is 2. The molecule has 0 aliphatic carbocycles. The van der Waals surface area contributed by atoms with Crippen LogP contribution in [0, 0.1) is 13.8 Å². The van der Waals surface area contributed by atoms with Gasteiger partial charge in [-0.1, -0.05) is 42.6 Å². The molecule has 0 bridgehead atoms. The van der Waals surface area contributed by atoms with Crippen molar-refractivity contribution in [3.8, 4) is 5.75 Å². The number of halogens is 1. The first-order valence-corrected chi connectivity index (χ1v) is 9.75. The third-order valence-corrected chi connectivity index (χ3v) is 5.34. The first-order valence-electron chi connectivity index (χ1n) is 7.89. The Kier molecular flexibility index (Phi) is 6.08. The van der Waals surface area contributed by atoms with Crippen LogP contribution in [0.15, 0.2) is 46.4 Å². The monoisotopic (exact) mass is 380 g/mol. The minimum atomic E-state index is -3.78. The third-order valence-electron chi connectivity index (χ3n) is 3.71. The van der Waals surface area contributed by atoms with Gasteiger partial charge in [-0.2, -0.15) is 18.4 Å². The predicted octanol–water partition coefficient (Wildman–Crippen LogP) is 4.15. The highest BCUT2D eigenvalue weighted by molar-refractivity contribution is 7.89. The number of phenols is 1. The molecule has 7 heteroatoms. The van der Waals surface area contributed by atoms with Gasteiger partial charge in [0.2, 0.25) is 0 Å². The molecular weight excluding hydrogens is 360 g/mol. The van der Waals surface area contributed by atoms with Crippen LogP contribution in [0.4, 0.5) is 0 Å². The van der Waals surface area contributed by atoms with Crippen LogP contribution in [0.1, 0.15) is 36.5 Å². The molecule has 2 rings (SSSR count). The molecule has 0 saturated carbocycles. The predicted molar refractivity (Wildman–Crippen MR) is 101 cm³/mol. The average Bonchev–Trinajstić information content (AvgIpc) is 2.55. The van der Waals surface area contributed by atoms with Gasteiger partial charge in [0.15, 0.2) is 0 Å². The molecule has 2 aromatic rings. The van der Waals surface area contributed by atoms with E-state index in [1.807, 2.05) is 13.8 Å². The first kappa shape index (κ1) is 19.3. The van der Waals surface area contributed by atoms with Gasteiger partial charge in [-0.3, -0.25) is 0 Å². The Balaban J connectivity index is 2.37. The minimum Gasteiger partial charge on any atom is -0.507 e. The second-order valence-corrected chi connectivity index (χ2v) is 7.90. The minimum absolute atomic E-state index is 0.0173. The molecule has 0 aromatic heterocycles. The Bertz CT molecular complexity index is 891. The summed E-state index contributed by atoms with van der Waals surface area (Å²) in [5.41, 5.74) is 2.55. The zero-order valence-corrected chi connectivity index (χ0v) is 15.9. The summed E-state index contributed by atoms with van der Waals surface area (Å²) in [7, 11) is -3.78. The van der Waals surface area contributed by atoms with Crippen molar-refractivity contribution in [3.63, 3.8) is 0 Å². The molecular formula is C18H21ClN2O3S. The number of hydrogen-bond acceptors (Lipinski definition) is 4. The van der Waals surface area contributed by atoms with Crippen molar-refractivity contribution in [2.75, 3.05) is 0 Å². The molecule has 5 nitrogen and oxygen atoms in total. The van der Waals surface area contributed by atoms with Crippen LogP contribution in [0.5, 0.6) is 5.75 Å². The standard InChI is InChI=1S/C18H21ClN2O3S/c1-4-5-17(15-11-16(19)13(3)10-18(15)22)20-21-25(23,24)14-8-6-12(2)7-9-14/h6-11,21-22H,4-5H2,1-3H3/b20-17+. The van der Waals surface area contributed by atoms with Crippen LogP contribution in [0.3, 0.4) is 0 Å². The van der Waals surface area contributed by atoms with Gasteiger partial charge < -0.3 is 5.11 Å². The van der Waals surface area contributed by atoms with Gasteiger partial charge in [0.1, 0.15) is 5.75 Å². The number of nitrogens with one attached hydrogen (secondary N) is 1. The normalized spacial score (nSPS) is 12.2. The fourth-order valence-corrected chi connectivity index (χ4v) is 3.26. The number of sulfonamides is 1. The van der Waals surface area contributed by atoms with E-state index < -0.39 is 10.0 Å². The Morgan fingerprint density at radius 1 is 1.20 bits per heavy atom. The van der Waals surface area contributed by atoms with Crippen molar-refractivity contribution in [1.82, 2.24) is 4.83 Å². The van der Waals surface area contributed by atoms with Crippen LogP contribution in [-0.4, -0.2) is 19.2 Å². The molecule has 0 spiro atoms. The number of hydrazone groups is 1. The molecule has 0 aliphatic heterocycles. The third kappa shape index (κ3) is 4.74. The quantitative estimate of drug-likeness (QED) is 0.583.